The highest BCUT2D eigenvalue weighted by molar-refractivity contribution is 6.13. The number of hydrogen-bond donors (Lipinski definition) is 1. The van der Waals surface area contributed by atoms with Gasteiger partial charge in [0.1, 0.15) is 18.0 Å². The lowest BCUT2D eigenvalue weighted by Gasteiger charge is -2.20. The van der Waals surface area contributed by atoms with Crippen LogP contribution in [0.3, 0.4) is 0 Å². The minimum absolute atomic E-state index is 0. The topological polar surface area (TPSA) is 185 Å². The van der Waals surface area contributed by atoms with E-state index in [0.717, 1.165) is 49.3 Å². The Balaban J connectivity index is 0.000000203. The van der Waals surface area contributed by atoms with Crippen molar-refractivity contribution < 1.29 is 19.4 Å². The highest BCUT2D eigenvalue weighted by Gasteiger charge is 2.23. The van der Waals surface area contributed by atoms with Gasteiger partial charge in [-0.25, -0.2) is 9.36 Å². The summed E-state index contributed by atoms with van der Waals surface area (Å²) >= 11 is 0. The van der Waals surface area contributed by atoms with E-state index in [-0.39, 0.29) is 26.5 Å². The predicted octanol–water partition coefficient (Wildman–Crippen LogP) is 9.90. The summed E-state index contributed by atoms with van der Waals surface area (Å²) in [5.74, 6) is -0.391. The van der Waals surface area contributed by atoms with Crippen LogP contribution in [-0.2, 0) is 4.74 Å². The van der Waals surface area contributed by atoms with Crippen LogP contribution in [0.5, 0.6) is 0 Å². The molecule has 0 atom stereocenters. The zero-order valence-electron chi connectivity index (χ0n) is 27.5. The van der Waals surface area contributed by atoms with Crippen LogP contribution in [0.15, 0.2) is 110 Å². The summed E-state index contributed by atoms with van der Waals surface area (Å²) in [6, 6.07) is 21.5. The Bertz CT molecular complexity index is 2660. The second-order valence-corrected chi connectivity index (χ2v) is 12.6. The summed E-state index contributed by atoms with van der Waals surface area (Å²) in [6.07, 6.45) is 9.24. The van der Waals surface area contributed by atoms with Gasteiger partial charge in [0.25, 0.3) is 0 Å². The summed E-state index contributed by atoms with van der Waals surface area (Å²) in [5.41, 5.74) is 5.68. The van der Waals surface area contributed by atoms with Crippen LogP contribution < -0.4 is 0 Å². The number of H-pyrrole nitrogens is 1. The molecule has 0 spiro atoms. The Morgan fingerprint density at radius 3 is 1.79 bits per heavy atom. The van der Waals surface area contributed by atoms with Crippen LogP contribution in [0.4, 0.5) is 16.4 Å². The second-order valence-electron chi connectivity index (χ2n) is 12.6. The standard InChI is InChI=1S/C21H18N4O4.C16H10N4O2.2CH4/c1-21(2,3)29-20(26)24-17-7-8-22-12-16(17)15-5-4-13(10-18(15)24)14-6-9-23-19(11-14)25(27)28;21-20(22)16-8-11(3-6-18-16)10-1-2-12-13-9-17-5-4-14(13)19-15(12)7-10;;/h4-12H,1-3H3;1-9,19H;2*1H4. The van der Waals surface area contributed by atoms with E-state index >= 15 is 0 Å². The molecule has 0 aliphatic rings. The van der Waals surface area contributed by atoms with E-state index < -0.39 is 21.5 Å². The molecule has 1 N–H and O–H groups in total. The fourth-order valence-electron chi connectivity index (χ4n) is 5.87. The molecule has 0 saturated carbocycles. The summed E-state index contributed by atoms with van der Waals surface area (Å²) in [6.45, 7) is 5.42. The Kier molecular flexibility index (Phi) is 10.3. The number of ether oxygens (including phenoxy) is 1. The molecule has 0 amide bonds. The fraction of sp³-hybridized carbons (Fsp3) is 0.154. The van der Waals surface area contributed by atoms with Crippen molar-refractivity contribution >= 4 is 61.3 Å². The Morgan fingerprint density at radius 1 is 0.642 bits per heavy atom. The molecule has 0 aliphatic carbocycles. The van der Waals surface area contributed by atoms with E-state index in [1.165, 1.54) is 29.1 Å². The first-order valence-corrected chi connectivity index (χ1v) is 15.7. The SMILES string of the molecule is C.C.CC(C)(C)OC(=O)n1c2ccncc2c2ccc(-c3ccnc([N+](=O)[O-])c3)cc21.O=[N+]([O-])c1cc(-c2ccc3c(c2)[nH]c2ccncc23)ccn1. The van der Waals surface area contributed by atoms with Gasteiger partial charge in [0, 0.05) is 69.5 Å². The number of aromatic nitrogens is 6. The molecule has 268 valence electrons. The molecule has 0 fully saturated rings. The van der Waals surface area contributed by atoms with E-state index in [9.17, 15) is 25.0 Å². The van der Waals surface area contributed by atoms with Crippen molar-refractivity contribution in [1.82, 2.24) is 29.5 Å². The van der Waals surface area contributed by atoms with Gasteiger partial charge in [-0.15, -0.1) is 0 Å². The van der Waals surface area contributed by atoms with Gasteiger partial charge in [0.05, 0.1) is 11.0 Å². The predicted molar refractivity (Wildman–Crippen MR) is 206 cm³/mol. The van der Waals surface area contributed by atoms with E-state index in [2.05, 4.69) is 24.9 Å². The van der Waals surface area contributed by atoms with Crippen LogP contribution in [-0.4, -0.2) is 51.0 Å². The Labute approximate surface area is 303 Å². The average Bonchev–Trinajstić information content (AvgIpc) is 3.66. The molecule has 0 aliphatic heterocycles. The van der Waals surface area contributed by atoms with Gasteiger partial charge < -0.3 is 29.9 Å². The van der Waals surface area contributed by atoms with Crippen molar-refractivity contribution in [2.75, 3.05) is 0 Å². The number of rotatable bonds is 4. The van der Waals surface area contributed by atoms with Gasteiger partial charge in [-0.1, -0.05) is 39.1 Å². The van der Waals surface area contributed by atoms with Gasteiger partial charge in [0.15, 0.2) is 0 Å². The highest BCUT2D eigenvalue weighted by Crippen LogP contribution is 2.34. The number of nitrogens with one attached hydrogen (secondary N) is 1. The number of fused-ring (bicyclic) bond motifs is 6. The van der Waals surface area contributed by atoms with E-state index in [1.54, 1.807) is 36.8 Å². The van der Waals surface area contributed by atoms with E-state index in [0.29, 0.717) is 16.6 Å². The molecule has 0 radical (unpaired) electrons. The van der Waals surface area contributed by atoms with Crippen molar-refractivity contribution in [2.24, 2.45) is 0 Å². The molecule has 14 heteroatoms. The second kappa shape index (κ2) is 14.6. The van der Waals surface area contributed by atoms with Crippen molar-refractivity contribution in [3.8, 4) is 22.3 Å². The monoisotopic (exact) mass is 712 g/mol. The smallest absolute Gasteiger partial charge is 0.419 e. The lowest BCUT2D eigenvalue weighted by molar-refractivity contribution is -0.389. The van der Waals surface area contributed by atoms with Crippen molar-refractivity contribution in [3.05, 3.63) is 130 Å². The van der Waals surface area contributed by atoms with Crippen molar-refractivity contribution in [3.63, 3.8) is 0 Å². The van der Waals surface area contributed by atoms with Crippen LogP contribution in [0.25, 0.3) is 65.9 Å². The molecule has 8 rings (SSSR count). The van der Waals surface area contributed by atoms with Gasteiger partial charge in [-0.05, 0) is 99.2 Å². The first kappa shape index (κ1) is 37.2. The third-order valence-electron chi connectivity index (χ3n) is 8.08. The van der Waals surface area contributed by atoms with Crippen molar-refractivity contribution in [1.29, 1.82) is 0 Å². The van der Waals surface area contributed by atoms with Gasteiger partial charge in [0.2, 0.25) is 0 Å². The minimum Gasteiger partial charge on any atom is -0.443 e. The molecular weight excluding hydrogens is 676 g/mol. The van der Waals surface area contributed by atoms with Crippen LogP contribution in [0.2, 0.25) is 0 Å². The minimum atomic E-state index is -0.656. The van der Waals surface area contributed by atoms with Gasteiger partial charge in [-0.2, -0.15) is 0 Å². The molecule has 6 heterocycles. The molecule has 53 heavy (non-hydrogen) atoms. The van der Waals surface area contributed by atoms with Gasteiger partial charge >= 0.3 is 17.7 Å². The Morgan fingerprint density at radius 2 is 1.19 bits per heavy atom. The number of aromatic amines is 1. The molecule has 6 aromatic heterocycles. The third-order valence-corrected chi connectivity index (χ3v) is 8.08. The first-order valence-electron chi connectivity index (χ1n) is 15.7. The number of carbonyl (C=O) groups is 1. The molecule has 2 aromatic carbocycles. The lowest BCUT2D eigenvalue weighted by Crippen LogP contribution is -2.27. The molecule has 0 saturated heterocycles. The largest absolute Gasteiger partial charge is 0.443 e. The van der Waals surface area contributed by atoms with Crippen molar-refractivity contribution in [2.45, 2.75) is 41.2 Å². The van der Waals surface area contributed by atoms with E-state index in [4.69, 9.17) is 4.74 Å². The third kappa shape index (κ3) is 7.37. The summed E-state index contributed by atoms with van der Waals surface area (Å²) < 4.78 is 7.11. The maximum absolute atomic E-state index is 13.0. The first-order chi connectivity index (χ1) is 24.5. The molecule has 0 bridgehead atoms. The highest BCUT2D eigenvalue weighted by atomic mass is 16.6. The van der Waals surface area contributed by atoms with Crippen LogP contribution in [0, 0.1) is 20.2 Å². The molecule has 8 aromatic rings. The number of carbonyl (C=O) groups excluding carboxylic acids is 1. The normalized spacial score (nSPS) is 11.0. The molecular formula is C39H36N8O6. The maximum atomic E-state index is 13.0. The summed E-state index contributed by atoms with van der Waals surface area (Å²) in [7, 11) is 0. The zero-order valence-corrected chi connectivity index (χ0v) is 27.5. The van der Waals surface area contributed by atoms with Gasteiger partial charge in [-0.3, -0.25) is 9.97 Å². The van der Waals surface area contributed by atoms with Crippen LogP contribution in [0.1, 0.15) is 35.6 Å². The number of nitro groups is 2. The number of hydrogen-bond acceptors (Lipinski definition) is 10. The molecule has 0 unspecified atom stereocenters. The molecule has 14 nitrogen and oxygen atoms in total. The van der Waals surface area contributed by atoms with Crippen LogP contribution >= 0.6 is 0 Å². The van der Waals surface area contributed by atoms with E-state index in [1.807, 2.05) is 69.4 Å². The fourth-order valence-corrected chi connectivity index (χ4v) is 5.87. The summed E-state index contributed by atoms with van der Waals surface area (Å²) in [5, 5.41) is 25.7. The maximum Gasteiger partial charge on any atom is 0.419 e. The quantitative estimate of drug-likeness (QED) is 0.136. The zero-order chi connectivity index (χ0) is 35.9. The average molecular weight is 713 g/mol. The lowest BCUT2D eigenvalue weighted by atomic mass is 10.0. The number of benzene rings is 2. The Hall–Kier alpha value is -7.09. The number of pyridine rings is 4. The summed E-state index contributed by atoms with van der Waals surface area (Å²) in [4.78, 5) is 53.0. The number of nitrogens with zero attached hydrogens (tertiary/aromatic N) is 7.